The Kier molecular flexibility index (Phi) is 5.03. The molecule has 30 heavy (non-hydrogen) atoms. The molecule has 3 aromatic rings. The summed E-state index contributed by atoms with van der Waals surface area (Å²) in [6, 6.07) is 13.2. The van der Waals surface area contributed by atoms with Crippen molar-refractivity contribution < 1.29 is 14.6 Å². The smallest absolute Gasteiger partial charge is 0.310 e. The Morgan fingerprint density at radius 2 is 2.00 bits per heavy atom. The first-order valence-electron chi connectivity index (χ1n) is 9.85. The van der Waals surface area contributed by atoms with E-state index in [1.165, 1.54) is 0 Å². The highest BCUT2D eigenvalue weighted by Crippen LogP contribution is 2.31. The molecule has 2 heterocycles. The van der Waals surface area contributed by atoms with Crippen molar-refractivity contribution in [3.8, 4) is 0 Å². The number of H-pyrrole nitrogens is 1. The molecule has 7 heteroatoms. The Bertz CT molecular complexity index is 1160. The van der Waals surface area contributed by atoms with Crippen LogP contribution in [0.4, 0.5) is 5.69 Å². The number of hydrogen-bond acceptors (Lipinski definition) is 5. The minimum Gasteiger partial charge on any atom is -0.509 e. The normalized spacial score (nSPS) is 14.3. The van der Waals surface area contributed by atoms with Gasteiger partial charge in [-0.15, -0.1) is 0 Å². The summed E-state index contributed by atoms with van der Waals surface area (Å²) in [7, 11) is 0. The highest BCUT2D eigenvalue weighted by molar-refractivity contribution is 6.30. The lowest BCUT2D eigenvalue weighted by Crippen LogP contribution is -2.26. The number of aliphatic hydroxyl groups excluding tert-OH is 1. The minimum atomic E-state index is -0.270. The number of benzene rings is 2. The maximum Gasteiger partial charge on any atom is 0.310 e. The number of aromatic amines is 1. The van der Waals surface area contributed by atoms with Crippen molar-refractivity contribution in [3.63, 3.8) is 0 Å². The van der Waals surface area contributed by atoms with Crippen LogP contribution in [0.15, 0.2) is 48.2 Å². The number of aliphatic hydroxyl groups is 1. The molecule has 0 saturated heterocycles. The van der Waals surface area contributed by atoms with Crippen LogP contribution in [0.25, 0.3) is 16.6 Å². The van der Waals surface area contributed by atoms with E-state index in [4.69, 9.17) is 10.1 Å². The lowest BCUT2D eigenvalue weighted by molar-refractivity contribution is -0.146. The van der Waals surface area contributed by atoms with Gasteiger partial charge in [0.2, 0.25) is 0 Å². The maximum atomic E-state index is 11.8. The standard InChI is InChI=1S/C23H24N4O3/c1-13(2)30-20(29)11-15-5-7-16(8-6-15)27-12-19(28)21(22(27)24)23-25-17-9-4-14(3)10-18(17)26-23/h4-10,13,24,28H,11-12H2,1-3H3,(H,25,26). The molecule has 7 nitrogen and oxygen atoms in total. The molecule has 0 bridgehead atoms. The predicted octanol–water partition coefficient (Wildman–Crippen LogP) is 4.13. The number of anilines is 1. The maximum absolute atomic E-state index is 11.8. The molecule has 4 rings (SSSR count). The molecule has 2 aromatic carbocycles. The lowest BCUT2D eigenvalue weighted by atomic mass is 10.1. The molecule has 0 fully saturated rings. The first-order chi connectivity index (χ1) is 14.3. The van der Waals surface area contributed by atoms with E-state index in [0.717, 1.165) is 27.8 Å². The molecule has 0 amide bonds. The zero-order chi connectivity index (χ0) is 21.4. The number of carbonyl (C=O) groups is 1. The van der Waals surface area contributed by atoms with Gasteiger partial charge >= 0.3 is 5.97 Å². The first-order valence-corrected chi connectivity index (χ1v) is 9.85. The average Bonchev–Trinajstić information content (AvgIpc) is 3.21. The van der Waals surface area contributed by atoms with Gasteiger partial charge in [-0.25, -0.2) is 4.98 Å². The molecular formula is C23H24N4O3. The van der Waals surface area contributed by atoms with Crippen molar-refractivity contribution in [2.24, 2.45) is 0 Å². The zero-order valence-electron chi connectivity index (χ0n) is 17.2. The molecule has 3 N–H and O–H groups in total. The molecule has 0 spiro atoms. The quantitative estimate of drug-likeness (QED) is 0.555. The molecule has 0 atom stereocenters. The number of nitrogens with zero attached hydrogens (tertiary/aromatic N) is 2. The van der Waals surface area contributed by atoms with Crippen molar-refractivity contribution in [3.05, 3.63) is 65.2 Å². The minimum absolute atomic E-state index is 0.0976. The van der Waals surface area contributed by atoms with Gasteiger partial charge in [0, 0.05) is 5.69 Å². The summed E-state index contributed by atoms with van der Waals surface area (Å²) in [6.07, 6.45) is 0.0553. The molecular weight excluding hydrogens is 380 g/mol. The van der Waals surface area contributed by atoms with Crippen LogP contribution in [0.5, 0.6) is 0 Å². The third kappa shape index (κ3) is 3.78. The number of amidine groups is 1. The van der Waals surface area contributed by atoms with E-state index in [0.29, 0.717) is 11.4 Å². The second-order valence-electron chi connectivity index (χ2n) is 7.74. The van der Waals surface area contributed by atoms with Crippen molar-refractivity contribution in [1.82, 2.24) is 9.97 Å². The first kappa shape index (κ1) is 19.7. The number of nitrogens with one attached hydrogen (secondary N) is 2. The molecule has 154 valence electrons. The third-order valence-corrected chi connectivity index (χ3v) is 4.94. The largest absolute Gasteiger partial charge is 0.509 e. The lowest BCUT2D eigenvalue weighted by Gasteiger charge is -2.19. The highest BCUT2D eigenvalue weighted by atomic mass is 16.5. The fourth-order valence-electron chi connectivity index (χ4n) is 3.56. The third-order valence-electron chi connectivity index (χ3n) is 4.94. The number of imidazole rings is 1. The summed E-state index contributed by atoms with van der Waals surface area (Å²) in [5.74, 6) is 0.484. The summed E-state index contributed by atoms with van der Waals surface area (Å²) in [5.41, 5.74) is 4.76. The van der Waals surface area contributed by atoms with E-state index in [1.807, 2.05) is 63.2 Å². The Morgan fingerprint density at radius 1 is 1.27 bits per heavy atom. The molecule has 1 aliphatic rings. The number of rotatable bonds is 5. The summed E-state index contributed by atoms with van der Waals surface area (Å²) < 4.78 is 5.18. The Balaban J connectivity index is 1.53. The van der Waals surface area contributed by atoms with Crippen molar-refractivity contribution in [1.29, 1.82) is 5.41 Å². The molecule has 0 unspecified atom stereocenters. The van der Waals surface area contributed by atoms with E-state index in [1.54, 1.807) is 4.90 Å². The van der Waals surface area contributed by atoms with Gasteiger partial charge in [-0.1, -0.05) is 18.2 Å². The summed E-state index contributed by atoms with van der Waals surface area (Å²) in [6.45, 7) is 5.83. The van der Waals surface area contributed by atoms with Crippen molar-refractivity contribution >= 4 is 34.1 Å². The van der Waals surface area contributed by atoms with Crippen molar-refractivity contribution in [2.75, 3.05) is 11.4 Å². The van der Waals surface area contributed by atoms with E-state index in [-0.39, 0.29) is 36.6 Å². The van der Waals surface area contributed by atoms with Gasteiger partial charge in [-0.05, 0) is 56.2 Å². The number of ether oxygens (including phenoxy) is 1. The fourth-order valence-corrected chi connectivity index (χ4v) is 3.56. The SMILES string of the molecule is Cc1ccc2nc(C3=C(O)CN(c4ccc(CC(=O)OC(C)C)cc4)C3=N)[nH]c2c1. The van der Waals surface area contributed by atoms with E-state index in [9.17, 15) is 9.90 Å². The molecule has 0 aliphatic carbocycles. The molecule has 1 aromatic heterocycles. The molecule has 0 radical (unpaired) electrons. The Labute approximate surface area is 174 Å². The number of hydrogen-bond donors (Lipinski definition) is 3. The van der Waals surface area contributed by atoms with E-state index < -0.39 is 0 Å². The second kappa shape index (κ2) is 7.67. The number of carbonyl (C=O) groups excluding carboxylic acids is 1. The highest BCUT2D eigenvalue weighted by Gasteiger charge is 2.31. The van der Waals surface area contributed by atoms with Crippen LogP contribution in [0, 0.1) is 12.3 Å². The van der Waals surface area contributed by atoms with Gasteiger partial charge in [-0.2, -0.15) is 0 Å². The topological polar surface area (TPSA) is 102 Å². The van der Waals surface area contributed by atoms with Gasteiger partial charge in [0.25, 0.3) is 0 Å². The van der Waals surface area contributed by atoms with Gasteiger partial charge in [0.05, 0.1) is 35.7 Å². The number of aryl methyl sites for hydroxylation is 1. The average molecular weight is 404 g/mol. The molecule has 1 aliphatic heterocycles. The number of esters is 1. The Morgan fingerprint density at radius 3 is 2.70 bits per heavy atom. The van der Waals surface area contributed by atoms with Crippen LogP contribution in [-0.2, 0) is 16.0 Å². The zero-order valence-corrected chi connectivity index (χ0v) is 17.2. The van der Waals surface area contributed by atoms with E-state index in [2.05, 4.69) is 9.97 Å². The van der Waals surface area contributed by atoms with Crippen LogP contribution in [0.1, 0.15) is 30.8 Å². The second-order valence-corrected chi connectivity index (χ2v) is 7.74. The summed E-state index contributed by atoms with van der Waals surface area (Å²) in [4.78, 5) is 21.3. The van der Waals surface area contributed by atoms with E-state index >= 15 is 0 Å². The van der Waals surface area contributed by atoms with Crippen LogP contribution in [-0.4, -0.2) is 39.5 Å². The van der Waals surface area contributed by atoms with Gasteiger partial charge in [0.1, 0.15) is 17.4 Å². The van der Waals surface area contributed by atoms with Crippen molar-refractivity contribution in [2.45, 2.75) is 33.3 Å². The summed E-state index contributed by atoms with van der Waals surface area (Å²) >= 11 is 0. The molecule has 0 saturated carbocycles. The van der Waals surface area contributed by atoms with Crippen LogP contribution >= 0.6 is 0 Å². The fraction of sp³-hybridized carbons (Fsp3) is 0.261. The monoisotopic (exact) mass is 404 g/mol. The Hall–Kier alpha value is -3.61. The van der Waals surface area contributed by atoms with Gasteiger partial charge in [-0.3, -0.25) is 10.2 Å². The predicted molar refractivity (Wildman–Crippen MR) is 117 cm³/mol. The van der Waals surface area contributed by atoms with Gasteiger partial charge < -0.3 is 19.7 Å². The number of fused-ring (bicyclic) bond motifs is 1. The number of aromatic nitrogens is 2. The van der Waals surface area contributed by atoms with Gasteiger partial charge in [0.15, 0.2) is 0 Å². The van der Waals surface area contributed by atoms with Crippen LogP contribution < -0.4 is 4.90 Å². The summed E-state index contributed by atoms with van der Waals surface area (Å²) in [5, 5.41) is 19.2. The van der Waals surface area contributed by atoms with Crippen LogP contribution in [0.2, 0.25) is 0 Å². The van der Waals surface area contributed by atoms with Crippen LogP contribution in [0.3, 0.4) is 0 Å².